The van der Waals surface area contributed by atoms with Crippen LogP contribution in [0.2, 0.25) is 0 Å². The first-order chi connectivity index (χ1) is 12.1. The highest BCUT2D eigenvalue weighted by Crippen LogP contribution is 2.24. The average Bonchev–Trinajstić information content (AvgIpc) is 2.97. The molecule has 5 nitrogen and oxygen atoms in total. The molecule has 1 aromatic carbocycles. The first kappa shape index (κ1) is 18.4. The summed E-state index contributed by atoms with van der Waals surface area (Å²) in [6, 6.07) is 9.14. The van der Waals surface area contributed by atoms with Gasteiger partial charge in [-0.15, -0.1) is 0 Å². The van der Waals surface area contributed by atoms with Gasteiger partial charge in [-0.1, -0.05) is 12.1 Å². The van der Waals surface area contributed by atoms with E-state index in [0.29, 0.717) is 23.9 Å². The third-order valence-electron chi connectivity index (χ3n) is 5.74. The van der Waals surface area contributed by atoms with Gasteiger partial charge in [-0.05, 0) is 75.6 Å². The van der Waals surface area contributed by atoms with E-state index in [1.54, 1.807) is 0 Å². The minimum Gasteiger partial charge on any atom is -0.352 e. The molecule has 25 heavy (non-hydrogen) atoms. The topological polar surface area (TPSA) is 65.2 Å². The van der Waals surface area contributed by atoms with Gasteiger partial charge >= 0.3 is 0 Å². The van der Waals surface area contributed by atoms with Crippen molar-refractivity contribution in [1.82, 2.24) is 21.5 Å². The number of hydrogen-bond donors (Lipinski definition) is 4. The lowest BCUT2D eigenvalue weighted by atomic mass is 9.90. The highest BCUT2D eigenvalue weighted by molar-refractivity contribution is 5.94. The summed E-state index contributed by atoms with van der Waals surface area (Å²) in [6.45, 7) is 7.30. The highest BCUT2D eigenvalue weighted by Gasteiger charge is 2.28. The van der Waals surface area contributed by atoms with Crippen LogP contribution in [-0.2, 0) is 0 Å². The van der Waals surface area contributed by atoms with Crippen molar-refractivity contribution in [2.45, 2.75) is 57.5 Å². The smallest absolute Gasteiger partial charge is 0.251 e. The average molecular weight is 345 g/mol. The van der Waals surface area contributed by atoms with Crippen molar-refractivity contribution in [1.29, 1.82) is 0 Å². The first-order valence-electron chi connectivity index (χ1n) is 9.75. The lowest BCUT2D eigenvalue weighted by Crippen LogP contribution is -2.30. The van der Waals surface area contributed by atoms with Gasteiger partial charge in [-0.3, -0.25) is 15.6 Å². The fourth-order valence-corrected chi connectivity index (χ4v) is 4.12. The van der Waals surface area contributed by atoms with Crippen LogP contribution in [0.25, 0.3) is 0 Å². The van der Waals surface area contributed by atoms with Crippen LogP contribution in [0, 0.1) is 5.92 Å². The van der Waals surface area contributed by atoms with E-state index in [2.05, 4.69) is 47.5 Å². The van der Waals surface area contributed by atoms with Gasteiger partial charge in [-0.2, -0.15) is 0 Å². The molecular weight excluding hydrogens is 312 g/mol. The molecule has 1 amide bonds. The van der Waals surface area contributed by atoms with E-state index in [1.807, 2.05) is 12.1 Å². The number of rotatable bonds is 6. The molecule has 2 saturated heterocycles. The summed E-state index contributed by atoms with van der Waals surface area (Å²) >= 11 is 0. The van der Waals surface area contributed by atoms with Gasteiger partial charge in [-0.25, -0.2) is 0 Å². The molecule has 2 aliphatic heterocycles. The molecule has 0 saturated carbocycles. The van der Waals surface area contributed by atoms with E-state index in [-0.39, 0.29) is 5.91 Å². The minimum atomic E-state index is 0.0504. The summed E-state index contributed by atoms with van der Waals surface area (Å²) in [5.41, 5.74) is 8.65. The second kappa shape index (κ2) is 8.79. The van der Waals surface area contributed by atoms with E-state index in [1.165, 1.54) is 18.4 Å². The molecule has 5 heteroatoms. The van der Waals surface area contributed by atoms with Crippen molar-refractivity contribution in [2.75, 3.05) is 19.6 Å². The van der Waals surface area contributed by atoms with Gasteiger partial charge in [0, 0.05) is 30.7 Å². The third-order valence-corrected chi connectivity index (χ3v) is 5.74. The van der Waals surface area contributed by atoms with Crippen LogP contribution in [0.5, 0.6) is 0 Å². The highest BCUT2D eigenvalue weighted by atomic mass is 16.1. The molecular formula is C20H32N4O. The second-order valence-corrected chi connectivity index (χ2v) is 7.60. The van der Waals surface area contributed by atoms with Crippen molar-refractivity contribution in [3.05, 3.63) is 35.4 Å². The fourth-order valence-electron chi connectivity index (χ4n) is 4.12. The van der Waals surface area contributed by atoms with Crippen molar-refractivity contribution >= 4 is 5.91 Å². The van der Waals surface area contributed by atoms with Gasteiger partial charge in [0.05, 0.1) is 0 Å². The summed E-state index contributed by atoms with van der Waals surface area (Å²) < 4.78 is 0. The van der Waals surface area contributed by atoms with E-state index >= 15 is 0 Å². The lowest BCUT2D eigenvalue weighted by molar-refractivity contribution is 0.0952. The Morgan fingerprint density at radius 1 is 1.24 bits per heavy atom. The van der Waals surface area contributed by atoms with Crippen LogP contribution in [0.1, 0.15) is 61.4 Å². The Labute approximate surface area is 151 Å². The Morgan fingerprint density at radius 3 is 2.76 bits per heavy atom. The number of hydrazine groups is 1. The number of benzene rings is 1. The van der Waals surface area contributed by atoms with E-state index in [9.17, 15) is 4.79 Å². The van der Waals surface area contributed by atoms with Crippen molar-refractivity contribution in [3.8, 4) is 0 Å². The van der Waals surface area contributed by atoms with E-state index in [4.69, 9.17) is 0 Å². The summed E-state index contributed by atoms with van der Waals surface area (Å²) in [5.74, 6) is 1.21. The van der Waals surface area contributed by atoms with Crippen LogP contribution < -0.4 is 21.5 Å². The van der Waals surface area contributed by atoms with Crippen LogP contribution in [-0.4, -0.2) is 37.6 Å². The third kappa shape index (κ3) is 4.81. The van der Waals surface area contributed by atoms with Gasteiger partial charge in [0.1, 0.15) is 0 Å². The molecule has 0 aromatic heterocycles. The van der Waals surface area contributed by atoms with Crippen LogP contribution in [0.15, 0.2) is 24.3 Å². The molecule has 3 rings (SSSR count). The monoisotopic (exact) mass is 344 g/mol. The van der Waals surface area contributed by atoms with Crippen LogP contribution in [0.4, 0.5) is 0 Å². The summed E-state index contributed by atoms with van der Waals surface area (Å²) in [7, 11) is 0. The lowest BCUT2D eigenvalue weighted by Gasteiger charge is -2.23. The van der Waals surface area contributed by atoms with E-state index < -0.39 is 0 Å². The Balaban J connectivity index is 1.46. The van der Waals surface area contributed by atoms with Crippen molar-refractivity contribution < 1.29 is 4.79 Å². The molecule has 2 fully saturated rings. The molecule has 138 valence electrons. The second-order valence-electron chi connectivity index (χ2n) is 7.60. The van der Waals surface area contributed by atoms with Crippen LogP contribution >= 0.6 is 0 Å². The largest absolute Gasteiger partial charge is 0.352 e. The normalized spacial score (nSPS) is 29.5. The Morgan fingerprint density at radius 2 is 2.04 bits per heavy atom. The Kier molecular flexibility index (Phi) is 6.45. The number of carbonyl (C=O) groups is 1. The molecule has 2 heterocycles. The Hall–Kier alpha value is -1.43. The zero-order valence-electron chi connectivity index (χ0n) is 15.5. The quantitative estimate of drug-likeness (QED) is 0.597. The fraction of sp³-hybridized carbons (Fsp3) is 0.650. The molecule has 4 N–H and O–H groups in total. The van der Waals surface area contributed by atoms with Crippen molar-refractivity contribution in [2.24, 2.45) is 5.92 Å². The predicted octanol–water partition coefficient (Wildman–Crippen LogP) is 2.16. The number of carbonyl (C=O) groups excluding carboxylic acids is 1. The molecule has 3 atom stereocenters. The summed E-state index contributed by atoms with van der Waals surface area (Å²) in [6.07, 6.45) is 4.55. The Bertz CT molecular complexity index is 561. The zero-order chi connectivity index (χ0) is 17.6. The van der Waals surface area contributed by atoms with Gasteiger partial charge in [0.15, 0.2) is 0 Å². The number of amides is 1. The summed E-state index contributed by atoms with van der Waals surface area (Å²) in [5, 5.41) is 6.53. The molecule has 0 bridgehead atoms. The van der Waals surface area contributed by atoms with Gasteiger partial charge in [0.25, 0.3) is 5.91 Å². The maximum atomic E-state index is 12.5. The number of hydrogen-bond acceptors (Lipinski definition) is 4. The maximum Gasteiger partial charge on any atom is 0.251 e. The van der Waals surface area contributed by atoms with E-state index in [0.717, 1.165) is 38.0 Å². The molecule has 0 radical (unpaired) electrons. The summed E-state index contributed by atoms with van der Waals surface area (Å²) in [4.78, 5) is 12.5. The number of piperidine rings is 1. The molecule has 0 aliphatic carbocycles. The van der Waals surface area contributed by atoms with Gasteiger partial charge < -0.3 is 10.6 Å². The minimum absolute atomic E-state index is 0.0504. The maximum absolute atomic E-state index is 12.5. The molecule has 2 aliphatic rings. The number of nitrogens with one attached hydrogen (secondary N) is 4. The predicted molar refractivity (Wildman–Crippen MR) is 102 cm³/mol. The van der Waals surface area contributed by atoms with Gasteiger partial charge in [0.2, 0.25) is 0 Å². The first-order valence-corrected chi connectivity index (χ1v) is 9.75. The zero-order valence-corrected chi connectivity index (χ0v) is 15.5. The molecule has 3 unspecified atom stereocenters. The SMILES string of the molecule is CC1NNC(C)C1CCCNC(=O)c1cccc(C2CCCNC2)c1. The van der Waals surface area contributed by atoms with Crippen LogP contribution in [0.3, 0.4) is 0 Å². The standard InChI is InChI=1S/C20H32N4O/c1-14-19(15(2)24-23-14)9-5-11-22-20(25)17-7-3-6-16(12-17)18-8-4-10-21-13-18/h3,6-7,12,14-15,18-19,21,23-24H,4-5,8-11,13H2,1-2H3,(H,22,25). The molecule has 0 spiro atoms. The van der Waals surface area contributed by atoms with Crippen molar-refractivity contribution in [3.63, 3.8) is 0 Å². The molecule has 1 aromatic rings.